The molecule has 13 heavy (non-hydrogen) atoms. The Bertz CT molecular complexity index is 177. The van der Waals surface area contributed by atoms with Crippen LogP contribution < -0.4 is 5.32 Å². The van der Waals surface area contributed by atoms with Crippen LogP contribution in [0.1, 0.15) is 46.0 Å². The molecule has 0 amide bonds. The zero-order chi connectivity index (χ0) is 9.36. The molecule has 1 unspecified atom stereocenters. The van der Waals surface area contributed by atoms with Gasteiger partial charge in [-0.1, -0.05) is 0 Å². The van der Waals surface area contributed by atoms with Crippen LogP contribution in [0.4, 0.5) is 0 Å². The van der Waals surface area contributed by atoms with E-state index in [2.05, 4.69) is 19.2 Å². The van der Waals surface area contributed by atoms with Gasteiger partial charge < -0.3 is 10.1 Å². The van der Waals surface area contributed by atoms with Crippen molar-refractivity contribution in [2.24, 2.45) is 0 Å². The molecule has 2 heteroatoms. The van der Waals surface area contributed by atoms with Crippen molar-refractivity contribution in [1.29, 1.82) is 0 Å². The van der Waals surface area contributed by atoms with Crippen LogP contribution in [0.15, 0.2) is 0 Å². The van der Waals surface area contributed by atoms with E-state index in [0.29, 0.717) is 0 Å². The SMILES string of the molecule is CC1(C)CC2(CCCCO2)CCN1. The first kappa shape index (κ1) is 9.47. The maximum Gasteiger partial charge on any atom is 0.0712 e. The van der Waals surface area contributed by atoms with Crippen molar-refractivity contribution in [1.82, 2.24) is 5.32 Å². The van der Waals surface area contributed by atoms with Crippen molar-refractivity contribution in [3.05, 3.63) is 0 Å². The monoisotopic (exact) mass is 183 g/mol. The molecule has 0 aromatic carbocycles. The lowest BCUT2D eigenvalue weighted by Gasteiger charge is -2.47. The maximum atomic E-state index is 6.00. The minimum atomic E-state index is 0.229. The van der Waals surface area contributed by atoms with E-state index in [-0.39, 0.29) is 11.1 Å². The number of piperidine rings is 1. The van der Waals surface area contributed by atoms with E-state index in [4.69, 9.17) is 4.74 Å². The molecule has 2 aliphatic heterocycles. The lowest BCUT2D eigenvalue weighted by molar-refractivity contribution is -0.112. The van der Waals surface area contributed by atoms with Crippen molar-refractivity contribution >= 4 is 0 Å². The average Bonchev–Trinajstić information content (AvgIpc) is 2.03. The highest BCUT2D eigenvalue weighted by atomic mass is 16.5. The molecule has 2 heterocycles. The molecule has 76 valence electrons. The van der Waals surface area contributed by atoms with Crippen molar-refractivity contribution in [2.45, 2.75) is 57.1 Å². The molecule has 2 rings (SSSR count). The van der Waals surface area contributed by atoms with Crippen LogP contribution in [0, 0.1) is 0 Å². The van der Waals surface area contributed by atoms with Crippen LogP contribution in [0.2, 0.25) is 0 Å². The zero-order valence-electron chi connectivity index (χ0n) is 8.86. The molecular formula is C11H21NO. The predicted molar refractivity (Wildman–Crippen MR) is 53.8 cm³/mol. The van der Waals surface area contributed by atoms with Gasteiger partial charge in [-0.3, -0.25) is 0 Å². The Balaban J connectivity index is 2.04. The van der Waals surface area contributed by atoms with Gasteiger partial charge in [0.05, 0.1) is 5.60 Å². The minimum Gasteiger partial charge on any atom is -0.375 e. The molecule has 1 N–H and O–H groups in total. The van der Waals surface area contributed by atoms with E-state index >= 15 is 0 Å². The van der Waals surface area contributed by atoms with Gasteiger partial charge in [-0.2, -0.15) is 0 Å². The summed E-state index contributed by atoms with van der Waals surface area (Å²) in [4.78, 5) is 0. The van der Waals surface area contributed by atoms with Gasteiger partial charge in [-0.25, -0.2) is 0 Å². The van der Waals surface area contributed by atoms with Crippen LogP contribution in [0.5, 0.6) is 0 Å². The maximum absolute atomic E-state index is 6.00. The second-order valence-electron chi connectivity index (χ2n) is 5.23. The molecule has 0 radical (unpaired) electrons. The first-order valence-corrected chi connectivity index (χ1v) is 5.51. The summed E-state index contributed by atoms with van der Waals surface area (Å²) in [5.74, 6) is 0. The Labute approximate surface area is 81.0 Å². The summed E-state index contributed by atoms with van der Waals surface area (Å²) in [7, 11) is 0. The second-order valence-corrected chi connectivity index (χ2v) is 5.23. The molecule has 0 aromatic rings. The zero-order valence-corrected chi connectivity index (χ0v) is 8.86. The van der Waals surface area contributed by atoms with E-state index in [1.165, 1.54) is 32.1 Å². The van der Waals surface area contributed by atoms with E-state index < -0.39 is 0 Å². The summed E-state index contributed by atoms with van der Waals surface area (Å²) in [5.41, 5.74) is 0.503. The smallest absolute Gasteiger partial charge is 0.0712 e. The van der Waals surface area contributed by atoms with Gasteiger partial charge in [0, 0.05) is 12.1 Å². The predicted octanol–water partition coefficient (Wildman–Crippen LogP) is 2.09. The van der Waals surface area contributed by atoms with E-state index in [0.717, 1.165) is 13.2 Å². The molecule has 0 aliphatic carbocycles. The molecule has 0 saturated carbocycles. The Kier molecular flexibility index (Phi) is 2.37. The second kappa shape index (κ2) is 3.25. The highest BCUT2D eigenvalue weighted by Gasteiger charge is 2.41. The Morgan fingerprint density at radius 1 is 1.15 bits per heavy atom. The number of nitrogens with one attached hydrogen (secondary N) is 1. The first-order chi connectivity index (χ1) is 6.12. The van der Waals surface area contributed by atoms with Crippen LogP contribution in [0.25, 0.3) is 0 Å². The number of hydrogen-bond donors (Lipinski definition) is 1. The minimum absolute atomic E-state index is 0.229. The Morgan fingerprint density at radius 2 is 2.00 bits per heavy atom. The van der Waals surface area contributed by atoms with Crippen molar-refractivity contribution in [3.8, 4) is 0 Å². The topological polar surface area (TPSA) is 21.3 Å². The molecule has 0 bridgehead atoms. The van der Waals surface area contributed by atoms with Gasteiger partial charge in [-0.05, 0) is 52.5 Å². The fourth-order valence-corrected chi connectivity index (χ4v) is 2.83. The lowest BCUT2D eigenvalue weighted by atomic mass is 9.77. The number of rotatable bonds is 0. The summed E-state index contributed by atoms with van der Waals surface area (Å²) >= 11 is 0. The summed E-state index contributed by atoms with van der Waals surface area (Å²) < 4.78 is 6.00. The molecule has 0 aromatic heterocycles. The van der Waals surface area contributed by atoms with Crippen molar-refractivity contribution < 1.29 is 4.74 Å². The summed E-state index contributed by atoms with van der Waals surface area (Å²) in [5, 5.41) is 3.55. The molecule has 2 fully saturated rings. The van der Waals surface area contributed by atoms with Gasteiger partial charge in [0.25, 0.3) is 0 Å². The molecule has 2 saturated heterocycles. The van der Waals surface area contributed by atoms with Crippen LogP contribution in [0.3, 0.4) is 0 Å². The average molecular weight is 183 g/mol. The Hall–Kier alpha value is -0.0800. The van der Waals surface area contributed by atoms with Crippen LogP contribution in [-0.2, 0) is 4.74 Å². The first-order valence-electron chi connectivity index (χ1n) is 5.51. The fraction of sp³-hybridized carbons (Fsp3) is 1.00. The number of hydrogen-bond acceptors (Lipinski definition) is 2. The van der Waals surface area contributed by atoms with Gasteiger partial charge in [0.2, 0.25) is 0 Å². The third kappa shape index (κ3) is 2.05. The summed E-state index contributed by atoms with van der Waals surface area (Å²) in [6.07, 6.45) is 6.28. The summed E-state index contributed by atoms with van der Waals surface area (Å²) in [6, 6.07) is 0. The van der Waals surface area contributed by atoms with Gasteiger partial charge in [0.1, 0.15) is 0 Å². The molecule has 2 aliphatic rings. The van der Waals surface area contributed by atoms with E-state index in [1.807, 2.05) is 0 Å². The largest absolute Gasteiger partial charge is 0.375 e. The summed E-state index contributed by atoms with van der Waals surface area (Å²) in [6.45, 7) is 6.67. The van der Waals surface area contributed by atoms with Crippen LogP contribution >= 0.6 is 0 Å². The molecule has 2 nitrogen and oxygen atoms in total. The molecular weight excluding hydrogens is 162 g/mol. The quantitative estimate of drug-likeness (QED) is 0.621. The fourth-order valence-electron chi connectivity index (χ4n) is 2.83. The number of ether oxygens (including phenoxy) is 1. The third-order valence-corrected chi connectivity index (χ3v) is 3.38. The van der Waals surface area contributed by atoms with Gasteiger partial charge >= 0.3 is 0 Å². The van der Waals surface area contributed by atoms with Crippen LogP contribution in [-0.4, -0.2) is 24.3 Å². The highest BCUT2D eigenvalue weighted by molar-refractivity contribution is 4.97. The lowest BCUT2D eigenvalue weighted by Crippen LogP contribution is -2.55. The standard InChI is InChI=1S/C11H21NO/c1-10(2)9-11(6-7-12-10)5-3-4-8-13-11/h12H,3-9H2,1-2H3. The van der Waals surface area contributed by atoms with E-state index in [9.17, 15) is 0 Å². The third-order valence-electron chi connectivity index (χ3n) is 3.38. The Morgan fingerprint density at radius 3 is 2.62 bits per heavy atom. The van der Waals surface area contributed by atoms with Gasteiger partial charge in [-0.15, -0.1) is 0 Å². The highest BCUT2D eigenvalue weighted by Crippen LogP contribution is 2.37. The van der Waals surface area contributed by atoms with Crippen molar-refractivity contribution in [2.75, 3.05) is 13.2 Å². The normalized spacial score (nSPS) is 39.2. The van der Waals surface area contributed by atoms with E-state index in [1.54, 1.807) is 0 Å². The molecule has 1 atom stereocenters. The molecule has 1 spiro atoms. The van der Waals surface area contributed by atoms with Gasteiger partial charge in [0.15, 0.2) is 0 Å². The van der Waals surface area contributed by atoms with Crippen molar-refractivity contribution in [3.63, 3.8) is 0 Å².